The van der Waals surface area contributed by atoms with Crippen LogP contribution in [0.25, 0.3) is 117 Å². The van der Waals surface area contributed by atoms with E-state index in [0.29, 0.717) is 17.5 Å². The lowest BCUT2D eigenvalue weighted by Gasteiger charge is -2.18. The molecule has 0 saturated carbocycles. The molecule has 11 aromatic rings. The van der Waals surface area contributed by atoms with Gasteiger partial charge < -0.3 is 8.83 Å². The van der Waals surface area contributed by atoms with Crippen molar-refractivity contribution in [1.29, 1.82) is 0 Å². The molecule has 0 unspecified atom stereocenters. The van der Waals surface area contributed by atoms with E-state index in [9.17, 15) is 0 Å². The number of allylic oxidation sites excluding steroid dienone is 1. The van der Waals surface area contributed by atoms with Crippen molar-refractivity contribution in [3.8, 4) is 45.3 Å². The molecule has 5 heteroatoms. The monoisotopic (exact) mass is 717 g/mol. The standard InChI is InChI=1S/C51H31N3O2/c1-2-12-30(13-3-1)49-52-50(54-51(53-49)43-22-11-21-41-39-18-8-9-23-45(39)55-48(41)43)32-25-27-40-42-20-10-19-33(47(42)56-46(40)29-32)31-24-26-38-36-16-5-4-14-34(36)35-15-6-7-17-37(35)44(38)28-31/h1-3,5-13,15-29H,4,14H2. The summed E-state index contributed by atoms with van der Waals surface area (Å²) < 4.78 is 13.2. The van der Waals surface area contributed by atoms with E-state index >= 15 is 0 Å². The van der Waals surface area contributed by atoms with E-state index < -0.39 is 0 Å². The summed E-state index contributed by atoms with van der Waals surface area (Å²) in [5.74, 6) is 1.70. The molecule has 0 spiro atoms. The number of hydrogen-bond donors (Lipinski definition) is 0. The van der Waals surface area contributed by atoms with Crippen LogP contribution in [0.1, 0.15) is 17.5 Å². The third-order valence-corrected chi connectivity index (χ3v) is 11.4. The van der Waals surface area contributed by atoms with Crippen LogP contribution in [0.2, 0.25) is 0 Å². The van der Waals surface area contributed by atoms with Gasteiger partial charge in [0.15, 0.2) is 17.5 Å². The summed E-state index contributed by atoms with van der Waals surface area (Å²) in [5.41, 5.74) is 10.8. The predicted octanol–water partition coefficient (Wildman–Crippen LogP) is 13.6. The molecule has 0 fully saturated rings. The molecule has 0 atom stereocenters. The van der Waals surface area contributed by atoms with Crippen LogP contribution in [-0.4, -0.2) is 15.0 Å². The van der Waals surface area contributed by atoms with Crippen LogP contribution in [0.5, 0.6) is 0 Å². The molecule has 0 amide bonds. The van der Waals surface area contributed by atoms with Gasteiger partial charge in [0.25, 0.3) is 0 Å². The van der Waals surface area contributed by atoms with Gasteiger partial charge in [-0.3, -0.25) is 0 Å². The lowest BCUT2D eigenvalue weighted by molar-refractivity contribution is 0.669. The fourth-order valence-corrected chi connectivity index (χ4v) is 8.78. The van der Waals surface area contributed by atoms with Gasteiger partial charge in [-0.05, 0) is 81.4 Å². The second-order valence-electron chi connectivity index (χ2n) is 14.6. The van der Waals surface area contributed by atoms with E-state index in [1.807, 2.05) is 60.7 Å². The fourth-order valence-electron chi connectivity index (χ4n) is 8.78. The third-order valence-electron chi connectivity index (χ3n) is 11.4. The highest BCUT2D eigenvalue weighted by molar-refractivity contribution is 6.16. The Morgan fingerprint density at radius 1 is 0.393 bits per heavy atom. The van der Waals surface area contributed by atoms with E-state index in [0.717, 1.165) is 84.5 Å². The quantitative estimate of drug-likeness (QED) is 0.170. The minimum absolute atomic E-state index is 0.547. The molecule has 5 nitrogen and oxygen atoms in total. The number of benzene rings is 8. The smallest absolute Gasteiger partial charge is 0.167 e. The molecule has 3 aromatic heterocycles. The topological polar surface area (TPSA) is 65.0 Å². The first-order valence-corrected chi connectivity index (χ1v) is 19.1. The number of furan rings is 2. The molecule has 3 heterocycles. The van der Waals surface area contributed by atoms with Crippen LogP contribution >= 0.6 is 0 Å². The minimum atomic E-state index is 0.547. The summed E-state index contributed by atoms with van der Waals surface area (Å²) in [7, 11) is 0. The van der Waals surface area contributed by atoms with Gasteiger partial charge in [-0.15, -0.1) is 0 Å². The molecule has 8 aromatic carbocycles. The van der Waals surface area contributed by atoms with Crippen molar-refractivity contribution >= 4 is 71.5 Å². The zero-order valence-electron chi connectivity index (χ0n) is 30.2. The first-order valence-electron chi connectivity index (χ1n) is 19.1. The van der Waals surface area contributed by atoms with Gasteiger partial charge in [-0.2, -0.15) is 0 Å². The van der Waals surface area contributed by atoms with Crippen molar-refractivity contribution in [2.24, 2.45) is 0 Å². The number of para-hydroxylation sites is 3. The molecule has 12 rings (SSSR count). The Kier molecular flexibility index (Phi) is 6.69. The van der Waals surface area contributed by atoms with Crippen LogP contribution in [-0.2, 0) is 6.42 Å². The van der Waals surface area contributed by atoms with Gasteiger partial charge in [0, 0.05) is 38.2 Å². The summed E-state index contributed by atoms with van der Waals surface area (Å²) in [4.78, 5) is 15.2. The molecule has 0 radical (unpaired) electrons. The Hall–Kier alpha value is -7.37. The average molecular weight is 718 g/mol. The molecule has 0 saturated heterocycles. The van der Waals surface area contributed by atoms with Crippen LogP contribution in [0.15, 0.2) is 167 Å². The van der Waals surface area contributed by atoms with Crippen LogP contribution < -0.4 is 0 Å². The van der Waals surface area contributed by atoms with Gasteiger partial charge in [-0.25, -0.2) is 15.0 Å². The summed E-state index contributed by atoms with van der Waals surface area (Å²) in [5, 5.41) is 9.39. The molecule has 0 N–H and O–H groups in total. The second-order valence-corrected chi connectivity index (χ2v) is 14.6. The molecule has 0 aliphatic heterocycles. The first kappa shape index (κ1) is 31.0. The molecule has 1 aliphatic rings. The number of aromatic nitrogens is 3. The molecular weight excluding hydrogens is 687 g/mol. The number of nitrogens with zero attached hydrogens (tertiary/aromatic N) is 3. The van der Waals surface area contributed by atoms with Crippen molar-refractivity contribution in [3.05, 3.63) is 169 Å². The van der Waals surface area contributed by atoms with Gasteiger partial charge in [0.1, 0.15) is 22.3 Å². The Bertz CT molecular complexity index is 3430. The van der Waals surface area contributed by atoms with Crippen molar-refractivity contribution in [1.82, 2.24) is 15.0 Å². The van der Waals surface area contributed by atoms with Crippen molar-refractivity contribution < 1.29 is 8.83 Å². The first-order chi connectivity index (χ1) is 27.7. The number of aryl methyl sites for hydroxylation is 1. The average Bonchev–Trinajstić information content (AvgIpc) is 3.85. The molecule has 56 heavy (non-hydrogen) atoms. The highest BCUT2D eigenvalue weighted by atomic mass is 16.3. The second kappa shape index (κ2) is 12.1. The van der Waals surface area contributed by atoms with Crippen LogP contribution in [0.4, 0.5) is 0 Å². The Balaban J connectivity index is 1.02. The highest BCUT2D eigenvalue weighted by Gasteiger charge is 2.20. The highest BCUT2D eigenvalue weighted by Crippen LogP contribution is 2.42. The summed E-state index contributed by atoms with van der Waals surface area (Å²) in [6.45, 7) is 0. The summed E-state index contributed by atoms with van der Waals surface area (Å²) >= 11 is 0. The Morgan fingerprint density at radius 3 is 1.88 bits per heavy atom. The number of fused-ring (bicyclic) bond motifs is 12. The molecule has 1 aliphatic carbocycles. The van der Waals surface area contributed by atoms with Crippen molar-refractivity contribution in [2.45, 2.75) is 12.8 Å². The maximum Gasteiger partial charge on any atom is 0.167 e. The maximum atomic E-state index is 6.81. The van der Waals surface area contributed by atoms with Gasteiger partial charge in [-0.1, -0.05) is 133 Å². The SMILES string of the molecule is C1=Cc2c(c3ccccc3c3cc(-c4cccc5c4oc4cc(-c6nc(-c7ccccc7)nc(-c7cccc8c7oc7ccccc78)n6)ccc45)ccc23)CC1. The van der Waals surface area contributed by atoms with Gasteiger partial charge in [0.05, 0.1) is 5.56 Å². The fraction of sp³-hybridized carbons (Fsp3) is 0.0392. The summed E-state index contributed by atoms with van der Waals surface area (Å²) in [6, 6.07) is 52.7. The molecule has 262 valence electrons. The van der Waals surface area contributed by atoms with E-state index in [4.69, 9.17) is 23.8 Å². The number of rotatable bonds is 4. The lowest BCUT2D eigenvalue weighted by atomic mass is 9.86. The number of hydrogen-bond acceptors (Lipinski definition) is 5. The van der Waals surface area contributed by atoms with E-state index in [-0.39, 0.29) is 0 Å². The van der Waals surface area contributed by atoms with E-state index in [1.165, 1.54) is 32.7 Å². The Morgan fingerprint density at radius 2 is 1.02 bits per heavy atom. The predicted molar refractivity (Wildman–Crippen MR) is 228 cm³/mol. The maximum absolute atomic E-state index is 6.81. The zero-order chi connectivity index (χ0) is 36.7. The lowest BCUT2D eigenvalue weighted by Crippen LogP contribution is -2.00. The van der Waals surface area contributed by atoms with E-state index in [2.05, 4.69) is 103 Å². The largest absolute Gasteiger partial charge is 0.455 e. The van der Waals surface area contributed by atoms with Gasteiger partial charge in [0.2, 0.25) is 0 Å². The van der Waals surface area contributed by atoms with Crippen molar-refractivity contribution in [3.63, 3.8) is 0 Å². The zero-order valence-corrected chi connectivity index (χ0v) is 30.2. The molecule has 0 bridgehead atoms. The van der Waals surface area contributed by atoms with Crippen LogP contribution in [0, 0.1) is 0 Å². The Labute approximate surface area is 321 Å². The van der Waals surface area contributed by atoms with Crippen molar-refractivity contribution in [2.75, 3.05) is 0 Å². The normalized spacial score (nSPS) is 12.8. The van der Waals surface area contributed by atoms with Gasteiger partial charge >= 0.3 is 0 Å². The molecular formula is C51H31N3O2. The van der Waals surface area contributed by atoms with Crippen LogP contribution in [0.3, 0.4) is 0 Å². The van der Waals surface area contributed by atoms with E-state index in [1.54, 1.807) is 0 Å². The minimum Gasteiger partial charge on any atom is -0.455 e. The third kappa shape index (κ3) is 4.71. The summed E-state index contributed by atoms with van der Waals surface area (Å²) in [6.07, 6.45) is 6.76.